The molecule has 5 rings (SSSR count). The second kappa shape index (κ2) is 7.57. The minimum absolute atomic E-state index is 0.0340. The van der Waals surface area contributed by atoms with E-state index in [1.807, 2.05) is 47.0 Å². The van der Waals surface area contributed by atoms with E-state index in [0.29, 0.717) is 31.8 Å². The monoisotopic (exact) mass is 404 g/mol. The van der Waals surface area contributed by atoms with E-state index < -0.39 is 0 Å². The van der Waals surface area contributed by atoms with Gasteiger partial charge in [-0.25, -0.2) is 0 Å². The van der Waals surface area contributed by atoms with Crippen molar-refractivity contribution < 1.29 is 14.3 Å². The summed E-state index contributed by atoms with van der Waals surface area (Å²) in [5.41, 5.74) is 2.38. The Bertz CT molecular complexity index is 1090. The number of likely N-dealkylation sites (tertiary alicyclic amines) is 1. The Morgan fingerprint density at radius 3 is 2.80 bits per heavy atom. The normalized spacial score (nSPS) is 23.0. The van der Waals surface area contributed by atoms with Gasteiger partial charge in [0.1, 0.15) is 0 Å². The highest BCUT2D eigenvalue weighted by atomic mass is 16.5. The summed E-state index contributed by atoms with van der Waals surface area (Å²) in [6, 6.07) is 11.4. The van der Waals surface area contributed by atoms with Crippen LogP contribution in [0.25, 0.3) is 10.9 Å². The molecule has 2 fully saturated rings. The van der Waals surface area contributed by atoms with E-state index in [2.05, 4.69) is 10.3 Å². The molecule has 0 spiro atoms. The number of hydrogen-bond acceptors (Lipinski definition) is 4. The van der Waals surface area contributed by atoms with Crippen molar-refractivity contribution >= 4 is 22.7 Å². The first kappa shape index (κ1) is 18.8. The SMILES string of the molecule is Cn1cc(C(=O)N2C[C@@H]3[C@H](CNC(=O)c4ccncc4)CO[C@@H]3C2)c2ccccc21. The Kier molecular flexibility index (Phi) is 4.75. The van der Waals surface area contributed by atoms with Gasteiger partial charge in [-0.1, -0.05) is 18.2 Å². The number of rotatable bonds is 4. The highest BCUT2D eigenvalue weighted by molar-refractivity contribution is 6.07. The molecule has 3 atom stereocenters. The summed E-state index contributed by atoms with van der Waals surface area (Å²) in [6.07, 6.45) is 5.16. The van der Waals surface area contributed by atoms with Gasteiger partial charge in [0, 0.05) is 73.6 Å². The largest absolute Gasteiger partial charge is 0.376 e. The third-order valence-electron chi connectivity index (χ3n) is 6.32. The second-order valence-corrected chi connectivity index (χ2v) is 8.12. The predicted octanol–water partition coefficient (Wildman–Crippen LogP) is 2.09. The molecule has 4 heterocycles. The zero-order chi connectivity index (χ0) is 20.7. The lowest BCUT2D eigenvalue weighted by molar-refractivity contribution is 0.0676. The van der Waals surface area contributed by atoms with E-state index in [1.54, 1.807) is 24.5 Å². The van der Waals surface area contributed by atoms with Crippen LogP contribution in [0.15, 0.2) is 55.0 Å². The maximum absolute atomic E-state index is 13.2. The van der Waals surface area contributed by atoms with Gasteiger partial charge in [0.2, 0.25) is 0 Å². The number of ether oxygens (including phenoxy) is 1. The van der Waals surface area contributed by atoms with Crippen molar-refractivity contribution in [2.24, 2.45) is 18.9 Å². The number of carbonyl (C=O) groups excluding carboxylic acids is 2. The fourth-order valence-corrected chi connectivity index (χ4v) is 4.69. The summed E-state index contributed by atoms with van der Waals surface area (Å²) in [7, 11) is 1.96. The number of benzene rings is 1. The lowest BCUT2D eigenvalue weighted by Crippen LogP contribution is -2.35. The molecule has 0 saturated carbocycles. The third kappa shape index (κ3) is 3.25. The first-order valence-corrected chi connectivity index (χ1v) is 10.2. The van der Waals surface area contributed by atoms with E-state index in [4.69, 9.17) is 4.74 Å². The molecule has 2 amide bonds. The number of aryl methyl sites for hydroxylation is 1. The Labute approximate surface area is 174 Å². The number of amides is 2. The average molecular weight is 404 g/mol. The highest BCUT2D eigenvalue weighted by Crippen LogP contribution is 2.34. The van der Waals surface area contributed by atoms with Gasteiger partial charge < -0.3 is 19.5 Å². The van der Waals surface area contributed by atoms with Crippen molar-refractivity contribution in [2.45, 2.75) is 6.10 Å². The van der Waals surface area contributed by atoms with Crippen molar-refractivity contribution in [3.8, 4) is 0 Å². The van der Waals surface area contributed by atoms with E-state index >= 15 is 0 Å². The molecule has 0 bridgehead atoms. The van der Waals surface area contributed by atoms with Crippen molar-refractivity contribution in [3.63, 3.8) is 0 Å². The van der Waals surface area contributed by atoms with Crippen LogP contribution >= 0.6 is 0 Å². The van der Waals surface area contributed by atoms with Gasteiger partial charge in [-0.15, -0.1) is 0 Å². The quantitative estimate of drug-likeness (QED) is 0.723. The van der Waals surface area contributed by atoms with E-state index in [0.717, 1.165) is 16.5 Å². The topological polar surface area (TPSA) is 76.5 Å². The second-order valence-electron chi connectivity index (χ2n) is 8.12. The number of carbonyl (C=O) groups is 2. The van der Waals surface area contributed by atoms with Crippen LogP contribution in [0, 0.1) is 11.8 Å². The van der Waals surface area contributed by atoms with Crippen LogP contribution in [0.2, 0.25) is 0 Å². The van der Waals surface area contributed by atoms with Crippen LogP contribution in [0.1, 0.15) is 20.7 Å². The van der Waals surface area contributed by atoms with Crippen molar-refractivity contribution in [1.29, 1.82) is 0 Å². The molecule has 1 N–H and O–H groups in total. The van der Waals surface area contributed by atoms with Crippen LogP contribution in [-0.4, -0.2) is 58.6 Å². The zero-order valence-corrected chi connectivity index (χ0v) is 16.8. The number of para-hydroxylation sites is 1. The van der Waals surface area contributed by atoms with Gasteiger partial charge in [0.25, 0.3) is 11.8 Å². The fourth-order valence-electron chi connectivity index (χ4n) is 4.69. The van der Waals surface area contributed by atoms with Gasteiger partial charge in [0.05, 0.1) is 18.3 Å². The lowest BCUT2D eigenvalue weighted by Gasteiger charge is -2.20. The summed E-state index contributed by atoms with van der Waals surface area (Å²) < 4.78 is 7.97. The summed E-state index contributed by atoms with van der Waals surface area (Å²) >= 11 is 0. The first-order valence-electron chi connectivity index (χ1n) is 10.2. The average Bonchev–Trinajstić information content (AvgIpc) is 3.46. The van der Waals surface area contributed by atoms with Crippen molar-refractivity contribution in [2.75, 3.05) is 26.2 Å². The minimum Gasteiger partial charge on any atom is -0.376 e. The summed E-state index contributed by atoms with van der Waals surface area (Å²) in [5.74, 6) is 0.375. The van der Waals surface area contributed by atoms with Gasteiger partial charge in [0.15, 0.2) is 0 Å². The maximum Gasteiger partial charge on any atom is 0.256 e. The Hall–Kier alpha value is -3.19. The minimum atomic E-state index is -0.109. The first-order chi connectivity index (χ1) is 14.6. The van der Waals surface area contributed by atoms with Gasteiger partial charge >= 0.3 is 0 Å². The van der Waals surface area contributed by atoms with Gasteiger partial charge in [-0.05, 0) is 18.2 Å². The van der Waals surface area contributed by atoms with Crippen LogP contribution in [-0.2, 0) is 11.8 Å². The standard InChI is InChI=1S/C23H24N4O3/c1-26-11-19(17-4-2-3-5-20(17)26)23(29)27-12-18-16(14-30-21(18)13-27)10-25-22(28)15-6-8-24-9-7-15/h2-9,11,16,18,21H,10,12-14H2,1H3,(H,25,28)/t16-,18-,21-/m1/s1. The molecule has 2 aliphatic heterocycles. The Balaban J connectivity index is 1.26. The van der Waals surface area contributed by atoms with Crippen molar-refractivity contribution in [3.05, 3.63) is 66.1 Å². The van der Waals surface area contributed by atoms with Crippen LogP contribution < -0.4 is 5.32 Å². The van der Waals surface area contributed by atoms with Crippen LogP contribution in [0.4, 0.5) is 0 Å². The predicted molar refractivity (Wildman–Crippen MR) is 112 cm³/mol. The number of hydrogen-bond donors (Lipinski definition) is 1. The molecule has 2 aromatic heterocycles. The molecule has 7 heteroatoms. The van der Waals surface area contributed by atoms with Gasteiger partial charge in [-0.3, -0.25) is 14.6 Å². The van der Waals surface area contributed by atoms with E-state index in [9.17, 15) is 9.59 Å². The molecule has 0 unspecified atom stereocenters. The smallest absolute Gasteiger partial charge is 0.256 e. The lowest BCUT2D eigenvalue weighted by atomic mass is 9.93. The number of nitrogens with one attached hydrogen (secondary N) is 1. The zero-order valence-electron chi connectivity index (χ0n) is 16.8. The third-order valence-corrected chi connectivity index (χ3v) is 6.32. The van der Waals surface area contributed by atoms with Crippen LogP contribution in [0.5, 0.6) is 0 Å². The molecule has 30 heavy (non-hydrogen) atoms. The van der Waals surface area contributed by atoms with Gasteiger partial charge in [-0.2, -0.15) is 0 Å². The van der Waals surface area contributed by atoms with E-state index in [-0.39, 0.29) is 29.8 Å². The molecule has 2 saturated heterocycles. The molecule has 0 aliphatic carbocycles. The Morgan fingerprint density at radius 1 is 1.17 bits per heavy atom. The molecular weight excluding hydrogens is 380 g/mol. The summed E-state index contributed by atoms with van der Waals surface area (Å²) in [6.45, 7) is 2.41. The molecule has 3 aromatic rings. The molecule has 1 aromatic carbocycles. The summed E-state index contributed by atoms with van der Waals surface area (Å²) in [4.78, 5) is 31.4. The van der Waals surface area contributed by atoms with Crippen LogP contribution in [0.3, 0.4) is 0 Å². The fraction of sp³-hybridized carbons (Fsp3) is 0.348. The molecule has 154 valence electrons. The number of fused-ring (bicyclic) bond motifs is 2. The van der Waals surface area contributed by atoms with E-state index in [1.165, 1.54) is 0 Å². The molecule has 7 nitrogen and oxygen atoms in total. The number of nitrogens with zero attached hydrogens (tertiary/aromatic N) is 3. The molecular formula is C23H24N4O3. The highest BCUT2D eigenvalue weighted by Gasteiger charge is 2.45. The number of aromatic nitrogens is 2. The van der Waals surface area contributed by atoms with Crippen molar-refractivity contribution in [1.82, 2.24) is 19.8 Å². The molecule has 2 aliphatic rings. The summed E-state index contributed by atoms with van der Waals surface area (Å²) in [5, 5.41) is 3.98. The Morgan fingerprint density at radius 2 is 1.97 bits per heavy atom. The maximum atomic E-state index is 13.2. The number of pyridine rings is 1. The molecule has 0 radical (unpaired) electrons.